The highest BCUT2D eigenvalue weighted by molar-refractivity contribution is 6.07. The van der Waals surface area contributed by atoms with Gasteiger partial charge in [-0.3, -0.25) is 28.9 Å². The monoisotopic (exact) mass is 353 g/mol. The smallest absolute Gasteiger partial charge is 0.326 e. The molecule has 0 spiro atoms. The number of ether oxygens (including phenoxy) is 1. The number of carbonyl (C=O) groups is 5. The van der Waals surface area contributed by atoms with Crippen LogP contribution in [-0.2, 0) is 28.7 Å². The molecular formula is C16H23N3O6. The number of carbonyl (C=O) groups excluding carboxylic acids is 5. The second-order valence-corrected chi connectivity index (χ2v) is 6.34. The number of nitrogens with zero attached hydrogens (tertiary/aromatic N) is 2. The number of rotatable bonds is 6. The van der Waals surface area contributed by atoms with Crippen LogP contribution in [0.2, 0.25) is 0 Å². The molecule has 2 atom stereocenters. The molecule has 9 nitrogen and oxygen atoms in total. The molecule has 0 aromatic carbocycles. The van der Waals surface area contributed by atoms with E-state index in [1.165, 1.54) is 14.1 Å². The number of imide groups is 1. The predicted octanol–water partition coefficient (Wildman–Crippen LogP) is -1.09. The van der Waals surface area contributed by atoms with Crippen molar-refractivity contribution in [2.75, 3.05) is 33.8 Å². The summed E-state index contributed by atoms with van der Waals surface area (Å²) in [6, 6.07) is 0. The molecule has 1 saturated heterocycles. The van der Waals surface area contributed by atoms with Crippen molar-refractivity contribution >= 4 is 29.6 Å². The number of likely N-dealkylation sites (N-methyl/N-ethyl adjacent to an activating group) is 2. The first-order valence-electron chi connectivity index (χ1n) is 8.30. The van der Waals surface area contributed by atoms with Crippen LogP contribution in [0.5, 0.6) is 0 Å². The van der Waals surface area contributed by atoms with E-state index in [0.717, 1.165) is 22.6 Å². The van der Waals surface area contributed by atoms with E-state index in [1.54, 1.807) is 0 Å². The van der Waals surface area contributed by atoms with Crippen molar-refractivity contribution in [1.82, 2.24) is 15.1 Å². The molecule has 4 amide bonds. The minimum absolute atomic E-state index is 0.153. The first-order chi connectivity index (χ1) is 11.8. The van der Waals surface area contributed by atoms with Gasteiger partial charge in [0.05, 0.1) is 18.4 Å². The topological polar surface area (TPSA) is 113 Å². The Labute approximate surface area is 145 Å². The molecule has 1 N–H and O–H groups in total. The van der Waals surface area contributed by atoms with Gasteiger partial charge in [-0.05, 0) is 12.8 Å². The van der Waals surface area contributed by atoms with Crippen molar-refractivity contribution in [2.24, 2.45) is 11.8 Å². The minimum Gasteiger partial charge on any atom is -0.454 e. The lowest BCUT2D eigenvalue weighted by molar-refractivity contribution is -0.156. The fourth-order valence-corrected chi connectivity index (χ4v) is 3.20. The Morgan fingerprint density at radius 3 is 2.24 bits per heavy atom. The number of esters is 1. The summed E-state index contributed by atoms with van der Waals surface area (Å²) in [7, 11) is 2.85. The van der Waals surface area contributed by atoms with E-state index in [-0.39, 0.29) is 36.1 Å². The van der Waals surface area contributed by atoms with Crippen molar-refractivity contribution in [1.29, 1.82) is 0 Å². The first kappa shape index (κ1) is 18.9. The molecular weight excluding hydrogens is 330 g/mol. The van der Waals surface area contributed by atoms with Crippen molar-refractivity contribution in [3.63, 3.8) is 0 Å². The third-order valence-electron chi connectivity index (χ3n) is 4.66. The van der Waals surface area contributed by atoms with Gasteiger partial charge in [-0.2, -0.15) is 0 Å². The van der Waals surface area contributed by atoms with E-state index >= 15 is 0 Å². The minimum atomic E-state index is -0.818. The normalized spacial score (nSPS) is 22.4. The van der Waals surface area contributed by atoms with Crippen molar-refractivity contribution in [2.45, 2.75) is 25.7 Å². The first-order valence-corrected chi connectivity index (χ1v) is 8.30. The van der Waals surface area contributed by atoms with Crippen LogP contribution < -0.4 is 5.32 Å². The molecule has 0 unspecified atom stereocenters. The Morgan fingerprint density at radius 1 is 1.16 bits per heavy atom. The Bertz CT molecular complexity index is 566. The average molecular weight is 353 g/mol. The molecule has 2 fully saturated rings. The lowest BCUT2D eigenvalue weighted by Crippen LogP contribution is -2.40. The molecule has 2 aliphatic rings. The molecule has 1 aliphatic carbocycles. The number of hydrogen-bond donors (Lipinski definition) is 1. The van der Waals surface area contributed by atoms with Crippen molar-refractivity contribution in [3.8, 4) is 0 Å². The van der Waals surface area contributed by atoms with Gasteiger partial charge in [-0.15, -0.1) is 0 Å². The fourth-order valence-electron chi connectivity index (χ4n) is 3.20. The van der Waals surface area contributed by atoms with E-state index in [2.05, 4.69) is 5.32 Å². The van der Waals surface area contributed by atoms with E-state index in [0.29, 0.717) is 12.8 Å². The summed E-state index contributed by atoms with van der Waals surface area (Å²) in [5.41, 5.74) is 0. The fraction of sp³-hybridized carbons (Fsp3) is 0.688. The van der Waals surface area contributed by atoms with Crippen LogP contribution >= 0.6 is 0 Å². The van der Waals surface area contributed by atoms with Gasteiger partial charge in [0.1, 0.15) is 6.54 Å². The van der Waals surface area contributed by atoms with Crippen LogP contribution in [0, 0.1) is 11.8 Å². The molecule has 0 bridgehead atoms. The second kappa shape index (κ2) is 8.09. The standard InChI is InChI=1S/C16H23N3O6/c1-17-12(20)7-18(2)13(21)9-25-14(22)8-19-15(23)10-5-3-4-6-11(10)16(19)24/h10-11H,3-9H2,1-2H3,(H,17,20)/t10-,11-/m1/s1. The van der Waals surface area contributed by atoms with E-state index < -0.39 is 25.0 Å². The molecule has 0 radical (unpaired) electrons. The van der Waals surface area contributed by atoms with Crippen LogP contribution in [0.1, 0.15) is 25.7 Å². The summed E-state index contributed by atoms with van der Waals surface area (Å²) in [6.45, 7) is -1.17. The SMILES string of the molecule is CNC(=O)CN(C)C(=O)COC(=O)CN1C(=O)[C@@H]2CCCC[C@H]2C1=O. The van der Waals surface area contributed by atoms with Gasteiger partial charge >= 0.3 is 5.97 Å². The molecule has 0 aromatic rings. The summed E-state index contributed by atoms with van der Waals surface area (Å²) in [4.78, 5) is 61.5. The summed E-state index contributed by atoms with van der Waals surface area (Å²) in [5.74, 6) is -3.02. The number of likely N-dealkylation sites (tertiary alicyclic amines) is 1. The molecule has 25 heavy (non-hydrogen) atoms. The zero-order valence-electron chi connectivity index (χ0n) is 14.4. The lowest BCUT2D eigenvalue weighted by Gasteiger charge is -2.19. The average Bonchev–Trinajstić information content (AvgIpc) is 2.84. The molecule has 0 aromatic heterocycles. The summed E-state index contributed by atoms with van der Waals surface area (Å²) < 4.78 is 4.84. The van der Waals surface area contributed by atoms with Gasteiger partial charge in [-0.25, -0.2) is 0 Å². The highest BCUT2D eigenvalue weighted by Gasteiger charge is 2.48. The Morgan fingerprint density at radius 2 is 1.72 bits per heavy atom. The maximum absolute atomic E-state index is 12.3. The maximum atomic E-state index is 12.3. The zero-order chi connectivity index (χ0) is 18.6. The van der Waals surface area contributed by atoms with Crippen LogP contribution in [0.15, 0.2) is 0 Å². The van der Waals surface area contributed by atoms with Crippen LogP contribution in [-0.4, -0.2) is 73.2 Å². The van der Waals surface area contributed by atoms with E-state index in [4.69, 9.17) is 4.74 Å². The number of hydrogen-bond acceptors (Lipinski definition) is 6. The quantitative estimate of drug-likeness (QED) is 0.479. The highest BCUT2D eigenvalue weighted by Crippen LogP contribution is 2.37. The van der Waals surface area contributed by atoms with Gasteiger partial charge in [-0.1, -0.05) is 12.8 Å². The van der Waals surface area contributed by atoms with E-state index in [9.17, 15) is 24.0 Å². The van der Waals surface area contributed by atoms with Crippen LogP contribution in [0.25, 0.3) is 0 Å². The number of fused-ring (bicyclic) bond motifs is 1. The molecule has 1 saturated carbocycles. The van der Waals surface area contributed by atoms with Gasteiger partial charge in [0, 0.05) is 14.1 Å². The van der Waals surface area contributed by atoms with Gasteiger partial charge in [0.2, 0.25) is 17.7 Å². The molecule has 1 aliphatic heterocycles. The third kappa shape index (κ3) is 4.34. The maximum Gasteiger partial charge on any atom is 0.326 e. The zero-order valence-corrected chi connectivity index (χ0v) is 14.4. The van der Waals surface area contributed by atoms with Crippen LogP contribution in [0.3, 0.4) is 0 Å². The van der Waals surface area contributed by atoms with Crippen LogP contribution in [0.4, 0.5) is 0 Å². The summed E-state index contributed by atoms with van der Waals surface area (Å²) in [6.07, 6.45) is 3.16. The highest BCUT2D eigenvalue weighted by atomic mass is 16.5. The summed E-state index contributed by atoms with van der Waals surface area (Å²) >= 11 is 0. The van der Waals surface area contributed by atoms with Gasteiger partial charge < -0.3 is 15.0 Å². The second-order valence-electron chi connectivity index (χ2n) is 6.34. The molecule has 138 valence electrons. The molecule has 2 rings (SSSR count). The predicted molar refractivity (Wildman–Crippen MR) is 84.8 cm³/mol. The molecule has 9 heteroatoms. The van der Waals surface area contributed by atoms with Gasteiger partial charge in [0.15, 0.2) is 6.61 Å². The largest absolute Gasteiger partial charge is 0.454 e. The van der Waals surface area contributed by atoms with Crippen molar-refractivity contribution < 1.29 is 28.7 Å². The Kier molecular flexibility index (Phi) is 6.11. The molecule has 1 heterocycles. The lowest BCUT2D eigenvalue weighted by atomic mass is 9.81. The Hall–Kier alpha value is -2.45. The number of amides is 4. The number of nitrogens with one attached hydrogen (secondary N) is 1. The van der Waals surface area contributed by atoms with Crippen molar-refractivity contribution in [3.05, 3.63) is 0 Å². The van der Waals surface area contributed by atoms with E-state index in [1.807, 2.05) is 0 Å². The Balaban J connectivity index is 1.82. The summed E-state index contributed by atoms with van der Waals surface area (Å²) in [5, 5.41) is 2.38. The third-order valence-corrected chi connectivity index (χ3v) is 4.66. The van der Waals surface area contributed by atoms with Gasteiger partial charge in [0.25, 0.3) is 5.91 Å².